The summed E-state index contributed by atoms with van der Waals surface area (Å²) in [6.45, 7) is 2.20. The zero-order chi connectivity index (χ0) is 32.5. The lowest BCUT2D eigenvalue weighted by molar-refractivity contribution is 0.200. The third-order valence-corrected chi connectivity index (χ3v) is 8.91. The van der Waals surface area contributed by atoms with Crippen molar-refractivity contribution < 1.29 is 18.3 Å². The van der Waals surface area contributed by atoms with Crippen LogP contribution in [0.4, 0.5) is 26.2 Å². The Bertz CT molecular complexity index is 1870. The summed E-state index contributed by atoms with van der Waals surface area (Å²) in [5, 5.41) is 3.75. The van der Waals surface area contributed by atoms with Crippen molar-refractivity contribution in [3.05, 3.63) is 113 Å². The van der Waals surface area contributed by atoms with Crippen molar-refractivity contribution in [1.29, 1.82) is 0 Å². The Labute approximate surface area is 276 Å². The molecule has 4 heterocycles. The zero-order valence-corrected chi connectivity index (χ0v) is 26.8. The van der Waals surface area contributed by atoms with Crippen LogP contribution < -0.4 is 19.7 Å². The summed E-state index contributed by atoms with van der Waals surface area (Å²) in [5.74, 6) is 2.18. The van der Waals surface area contributed by atoms with E-state index in [9.17, 15) is 8.78 Å². The van der Waals surface area contributed by atoms with Crippen molar-refractivity contribution in [3.8, 4) is 17.2 Å². The molecular weight excluding hydrogens is 624 g/mol. The lowest BCUT2D eigenvalue weighted by atomic mass is 9.91. The fraction of sp³-hybridized carbons (Fsp3) is 0.286. The number of alkyl halides is 1. The number of anilines is 3. The monoisotopic (exact) mass is 657 g/mol. The molecule has 2 aromatic heterocycles. The van der Waals surface area contributed by atoms with E-state index in [-0.39, 0.29) is 18.4 Å². The molecule has 1 unspecified atom stereocenters. The van der Waals surface area contributed by atoms with Crippen molar-refractivity contribution in [2.24, 2.45) is 0 Å². The fourth-order valence-electron chi connectivity index (χ4n) is 6.42. The molecule has 0 saturated carbocycles. The van der Waals surface area contributed by atoms with E-state index in [0.29, 0.717) is 55.0 Å². The first kappa shape index (κ1) is 30.9. The van der Waals surface area contributed by atoms with Crippen molar-refractivity contribution in [2.75, 3.05) is 44.1 Å². The van der Waals surface area contributed by atoms with Gasteiger partial charge in [0.2, 0.25) is 5.95 Å². The molecule has 0 bridgehead atoms. The standard InChI is InChI=1S/C35H34ClF2N7O2/c1-46-27-10-3-22(4-11-27)18-43-16-14-28-32(33(43)23-5-7-24(37)8-6-23)41-35(42-34(28)44-15-13-25(38)19-44)40-26-9-12-29(30(17-26)47-2)45-20-31(36)39-21-45/h3-12,17,20-21,25,33H,13-16,18-19H2,1-2H3,(H,40,41,42)/t25-,33?/m1/s1. The number of imidazole rings is 1. The van der Waals surface area contributed by atoms with E-state index in [0.717, 1.165) is 39.6 Å². The summed E-state index contributed by atoms with van der Waals surface area (Å²) in [6.07, 6.45) is 3.53. The number of fused-ring (bicyclic) bond motifs is 1. The lowest BCUT2D eigenvalue weighted by Gasteiger charge is -2.38. The van der Waals surface area contributed by atoms with Crippen LogP contribution in [0.1, 0.15) is 34.8 Å². The first-order valence-corrected chi connectivity index (χ1v) is 15.8. The van der Waals surface area contributed by atoms with Crippen LogP contribution >= 0.6 is 11.6 Å². The molecule has 1 fully saturated rings. The number of nitrogens with zero attached hydrogens (tertiary/aromatic N) is 6. The van der Waals surface area contributed by atoms with E-state index in [1.165, 1.54) is 12.1 Å². The van der Waals surface area contributed by atoms with Crippen molar-refractivity contribution in [2.45, 2.75) is 31.6 Å². The Hall–Kier alpha value is -4.74. The third kappa shape index (κ3) is 6.45. The molecule has 2 aliphatic rings. The van der Waals surface area contributed by atoms with E-state index < -0.39 is 6.17 Å². The van der Waals surface area contributed by atoms with Gasteiger partial charge >= 0.3 is 0 Å². The van der Waals surface area contributed by atoms with Gasteiger partial charge in [0.05, 0.1) is 38.2 Å². The molecule has 5 aromatic rings. The average Bonchev–Trinajstić information content (AvgIpc) is 3.73. The Balaban J connectivity index is 1.30. The highest BCUT2D eigenvalue weighted by atomic mass is 35.5. The van der Waals surface area contributed by atoms with Gasteiger partial charge in [-0.2, -0.15) is 4.98 Å². The second kappa shape index (κ2) is 13.2. The molecule has 47 heavy (non-hydrogen) atoms. The highest BCUT2D eigenvalue weighted by Gasteiger charge is 2.35. The predicted octanol–water partition coefficient (Wildman–Crippen LogP) is 6.91. The maximum atomic E-state index is 14.6. The average molecular weight is 658 g/mol. The zero-order valence-electron chi connectivity index (χ0n) is 26.0. The largest absolute Gasteiger partial charge is 0.497 e. The Morgan fingerprint density at radius 3 is 2.47 bits per heavy atom. The molecule has 9 nitrogen and oxygen atoms in total. The number of methoxy groups -OCH3 is 2. The molecule has 0 spiro atoms. The number of nitrogens with one attached hydrogen (secondary N) is 1. The highest BCUT2D eigenvalue weighted by molar-refractivity contribution is 6.29. The fourth-order valence-corrected chi connectivity index (χ4v) is 6.57. The number of aromatic nitrogens is 4. The summed E-state index contributed by atoms with van der Waals surface area (Å²) >= 11 is 6.06. The summed E-state index contributed by atoms with van der Waals surface area (Å²) in [6, 6.07) is 19.9. The van der Waals surface area contributed by atoms with Crippen LogP contribution in [-0.4, -0.2) is 64.4 Å². The van der Waals surface area contributed by atoms with E-state index in [1.807, 2.05) is 47.4 Å². The Morgan fingerprint density at radius 1 is 0.979 bits per heavy atom. The molecule has 2 aliphatic heterocycles. The summed E-state index contributed by atoms with van der Waals surface area (Å²) in [5.41, 5.74) is 5.28. The molecule has 1 saturated heterocycles. The summed E-state index contributed by atoms with van der Waals surface area (Å²) in [4.78, 5) is 18.6. The van der Waals surface area contributed by atoms with Crippen LogP contribution in [0, 0.1) is 5.82 Å². The van der Waals surface area contributed by atoms with Crippen LogP contribution in [-0.2, 0) is 13.0 Å². The minimum Gasteiger partial charge on any atom is -0.497 e. The molecule has 1 N–H and O–H groups in total. The van der Waals surface area contributed by atoms with Crippen LogP contribution in [0.3, 0.4) is 0 Å². The van der Waals surface area contributed by atoms with Gasteiger partial charge in [-0.25, -0.2) is 18.7 Å². The predicted molar refractivity (Wildman–Crippen MR) is 178 cm³/mol. The molecule has 12 heteroatoms. The summed E-state index contributed by atoms with van der Waals surface area (Å²) < 4.78 is 41.5. The first-order chi connectivity index (χ1) is 22.9. The van der Waals surface area contributed by atoms with Gasteiger partial charge in [-0.1, -0.05) is 35.9 Å². The molecular formula is C35H34ClF2N7O2. The van der Waals surface area contributed by atoms with Gasteiger partial charge in [-0.3, -0.25) is 4.90 Å². The number of rotatable bonds is 9. The molecule has 7 rings (SSSR count). The van der Waals surface area contributed by atoms with E-state index in [1.54, 1.807) is 31.3 Å². The molecule has 0 radical (unpaired) electrons. The lowest BCUT2D eigenvalue weighted by Crippen LogP contribution is -2.38. The van der Waals surface area contributed by atoms with E-state index in [4.69, 9.17) is 31.0 Å². The molecule has 3 aromatic carbocycles. The highest BCUT2D eigenvalue weighted by Crippen LogP contribution is 2.40. The van der Waals surface area contributed by atoms with Crippen LogP contribution in [0.25, 0.3) is 5.69 Å². The van der Waals surface area contributed by atoms with Crippen LogP contribution in [0.15, 0.2) is 79.3 Å². The second-order valence-electron chi connectivity index (χ2n) is 11.7. The Kier molecular flexibility index (Phi) is 8.66. The number of ether oxygens (including phenoxy) is 2. The molecule has 0 aliphatic carbocycles. The molecule has 2 atom stereocenters. The second-order valence-corrected chi connectivity index (χ2v) is 12.1. The first-order valence-electron chi connectivity index (χ1n) is 15.5. The van der Waals surface area contributed by atoms with Crippen molar-refractivity contribution in [1.82, 2.24) is 24.4 Å². The quantitative estimate of drug-likeness (QED) is 0.183. The van der Waals surface area contributed by atoms with Crippen molar-refractivity contribution in [3.63, 3.8) is 0 Å². The minimum atomic E-state index is -0.923. The number of hydrogen-bond acceptors (Lipinski definition) is 8. The maximum absolute atomic E-state index is 14.6. The third-order valence-electron chi connectivity index (χ3n) is 8.72. The van der Waals surface area contributed by atoms with Gasteiger partial charge in [-0.05, 0) is 60.4 Å². The van der Waals surface area contributed by atoms with E-state index in [2.05, 4.69) is 27.3 Å². The van der Waals surface area contributed by atoms with Gasteiger partial charge < -0.3 is 24.3 Å². The minimum absolute atomic E-state index is 0.273. The van der Waals surface area contributed by atoms with Gasteiger partial charge in [0.25, 0.3) is 0 Å². The topological polar surface area (TPSA) is 80.6 Å². The van der Waals surface area contributed by atoms with Gasteiger partial charge in [0.1, 0.15) is 40.8 Å². The number of halogens is 3. The summed E-state index contributed by atoms with van der Waals surface area (Å²) in [7, 11) is 3.25. The van der Waals surface area contributed by atoms with Gasteiger partial charge in [0, 0.05) is 43.1 Å². The molecule has 242 valence electrons. The molecule has 0 amide bonds. The van der Waals surface area contributed by atoms with Crippen LogP contribution in [0.5, 0.6) is 11.5 Å². The van der Waals surface area contributed by atoms with Crippen LogP contribution in [0.2, 0.25) is 5.15 Å². The normalized spacial score (nSPS) is 17.9. The number of hydrogen-bond donors (Lipinski definition) is 1. The smallest absolute Gasteiger partial charge is 0.229 e. The van der Waals surface area contributed by atoms with Gasteiger partial charge in [0.15, 0.2) is 0 Å². The maximum Gasteiger partial charge on any atom is 0.229 e. The van der Waals surface area contributed by atoms with Crippen molar-refractivity contribution >= 4 is 29.1 Å². The van der Waals surface area contributed by atoms with Gasteiger partial charge in [-0.15, -0.1) is 0 Å². The van der Waals surface area contributed by atoms with E-state index >= 15 is 0 Å². The Morgan fingerprint density at radius 2 is 1.79 bits per heavy atom. The number of benzene rings is 3. The SMILES string of the molecule is COc1ccc(CN2CCc3c(nc(Nc4ccc(-n5cnc(Cl)c5)c(OC)c4)nc3N3CC[C@@H](F)C3)C2c2ccc(F)cc2)cc1.